The van der Waals surface area contributed by atoms with E-state index in [2.05, 4.69) is 51.1 Å². The second-order valence-corrected chi connectivity index (χ2v) is 6.58. The Labute approximate surface area is 110 Å². The van der Waals surface area contributed by atoms with Gasteiger partial charge in [0.25, 0.3) is 0 Å². The SMILES string of the molecule is C#CCC(CC)NCc1ccc(C(C)(C)C)s1. The van der Waals surface area contributed by atoms with E-state index in [-0.39, 0.29) is 5.41 Å². The van der Waals surface area contributed by atoms with Gasteiger partial charge in [-0.1, -0.05) is 27.7 Å². The molecular formula is C15H23NS. The number of thiophene rings is 1. The van der Waals surface area contributed by atoms with Crippen molar-refractivity contribution in [2.75, 3.05) is 0 Å². The van der Waals surface area contributed by atoms with Crippen molar-refractivity contribution in [3.05, 3.63) is 21.9 Å². The predicted molar refractivity (Wildman–Crippen MR) is 77.4 cm³/mol. The van der Waals surface area contributed by atoms with Crippen LogP contribution in [0.2, 0.25) is 0 Å². The first-order chi connectivity index (χ1) is 7.97. The molecule has 0 fully saturated rings. The van der Waals surface area contributed by atoms with Gasteiger partial charge in [-0.15, -0.1) is 23.7 Å². The van der Waals surface area contributed by atoms with Crippen LogP contribution in [0.1, 0.15) is 50.3 Å². The van der Waals surface area contributed by atoms with E-state index < -0.39 is 0 Å². The lowest BCUT2D eigenvalue weighted by Crippen LogP contribution is -2.26. The average molecular weight is 249 g/mol. The first kappa shape index (κ1) is 14.3. The molecule has 0 saturated carbocycles. The Hall–Kier alpha value is -0.780. The first-order valence-corrected chi connectivity index (χ1v) is 7.05. The predicted octanol–water partition coefficient (Wildman–Crippen LogP) is 3.94. The van der Waals surface area contributed by atoms with Gasteiger partial charge in [0.05, 0.1) is 0 Å². The topological polar surface area (TPSA) is 12.0 Å². The standard InChI is InChI=1S/C15H23NS/c1-6-8-12(7-2)16-11-13-9-10-14(17-13)15(3,4)5/h1,9-10,12,16H,7-8,11H2,2-5H3. The Balaban J connectivity index is 2.53. The number of rotatable bonds is 5. The van der Waals surface area contributed by atoms with E-state index in [0.717, 1.165) is 19.4 Å². The van der Waals surface area contributed by atoms with Crippen LogP contribution in [0.4, 0.5) is 0 Å². The smallest absolute Gasteiger partial charge is 0.0302 e. The molecule has 1 aromatic heterocycles. The van der Waals surface area contributed by atoms with Crippen LogP contribution >= 0.6 is 11.3 Å². The van der Waals surface area contributed by atoms with Gasteiger partial charge >= 0.3 is 0 Å². The molecule has 1 rings (SSSR count). The quantitative estimate of drug-likeness (QED) is 0.780. The van der Waals surface area contributed by atoms with Crippen molar-refractivity contribution in [1.29, 1.82) is 0 Å². The normalized spacial score (nSPS) is 13.4. The van der Waals surface area contributed by atoms with Gasteiger partial charge in [-0.05, 0) is 24.0 Å². The van der Waals surface area contributed by atoms with E-state index in [9.17, 15) is 0 Å². The fraction of sp³-hybridized carbons (Fsp3) is 0.600. The highest BCUT2D eigenvalue weighted by atomic mass is 32.1. The third kappa shape index (κ3) is 4.53. The minimum absolute atomic E-state index is 0.256. The van der Waals surface area contributed by atoms with Crippen molar-refractivity contribution in [2.45, 2.75) is 58.5 Å². The van der Waals surface area contributed by atoms with Gasteiger partial charge < -0.3 is 5.32 Å². The second kappa shape index (κ2) is 6.23. The monoisotopic (exact) mass is 249 g/mol. The van der Waals surface area contributed by atoms with Crippen molar-refractivity contribution in [3.63, 3.8) is 0 Å². The van der Waals surface area contributed by atoms with Gasteiger partial charge in [0.15, 0.2) is 0 Å². The maximum absolute atomic E-state index is 5.35. The molecule has 0 aliphatic rings. The molecule has 94 valence electrons. The van der Waals surface area contributed by atoms with E-state index in [4.69, 9.17) is 6.42 Å². The van der Waals surface area contributed by atoms with Crippen LogP contribution in [0.25, 0.3) is 0 Å². The Morgan fingerprint density at radius 3 is 2.59 bits per heavy atom. The minimum Gasteiger partial charge on any atom is -0.308 e. The minimum atomic E-state index is 0.256. The molecule has 17 heavy (non-hydrogen) atoms. The van der Waals surface area contributed by atoms with Gasteiger partial charge in [-0.2, -0.15) is 0 Å². The molecule has 1 unspecified atom stereocenters. The summed E-state index contributed by atoms with van der Waals surface area (Å²) in [6.07, 6.45) is 7.25. The van der Waals surface area contributed by atoms with Crippen LogP contribution in [0.3, 0.4) is 0 Å². The molecule has 2 heteroatoms. The van der Waals surface area contributed by atoms with Gasteiger partial charge in [0.2, 0.25) is 0 Å². The molecule has 1 aromatic rings. The molecule has 1 heterocycles. The van der Waals surface area contributed by atoms with Crippen LogP contribution < -0.4 is 5.32 Å². The highest BCUT2D eigenvalue weighted by molar-refractivity contribution is 7.12. The first-order valence-electron chi connectivity index (χ1n) is 6.23. The van der Waals surface area contributed by atoms with Crippen LogP contribution in [-0.2, 0) is 12.0 Å². The summed E-state index contributed by atoms with van der Waals surface area (Å²) in [6, 6.07) is 4.91. The van der Waals surface area contributed by atoms with E-state index in [1.165, 1.54) is 9.75 Å². The van der Waals surface area contributed by atoms with E-state index in [1.807, 2.05) is 11.3 Å². The summed E-state index contributed by atoms with van der Waals surface area (Å²) in [6.45, 7) is 9.86. The molecule has 0 aromatic carbocycles. The number of hydrogen-bond donors (Lipinski definition) is 1. The largest absolute Gasteiger partial charge is 0.308 e. The van der Waals surface area contributed by atoms with Crippen molar-refractivity contribution in [2.24, 2.45) is 0 Å². The maximum Gasteiger partial charge on any atom is 0.0302 e. The Morgan fingerprint density at radius 2 is 2.12 bits per heavy atom. The summed E-state index contributed by atoms with van der Waals surface area (Å²) < 4.78 is 0. The Kier molecular flexibility index (Phi) is 5.24. The molecule has 0 aliphatic carbocycles. The van der Waals surface area contributed by atoms with Gasteiger partial charge in [-0.3, -0.25) is 0 Å². The van der Waals surface area contributed by atoms with Crippen LogP contribution in [0.15, 0.2) is 12.1 Å². The van der Waals surface area contributed by atoms with E-state index in [1.54, 1.807) is 0 Å². The van der Waals surface area contributed by atoms with Crippen molar-refractivity contribution >= 4 is 11.3 Å². The highest BCUT2D eigenvalue weighted by Gasteiger charge is 2.16. The molecule has 0 aliphatic heterocycles. The summed E-state index contributed by atoms with van der Waals surface area (Å²) >= 11 is 1.90. The molecule has 0 spiro atoms. The van der Waals surface area contributed by atoms with E-state index >= 15 is 0 Å². The molecule has 0 saturated heterocycles. The van der Waals surface area contributed by atoms with Crippen LogP contribution in [-0.4, -0.2) is 6.04 Å². The summed E-state index contributed by atoms with van der Waals surface area (Å²) in [5.41, 5.74) is 0.256. The molecule has 0 amide bonds. The molecular weight excluding hydrogens is 226 g/mol. The highest BCUT2D eigenvalue weighted by Crippen LogP contribution is 2.29. The zero-order valence-corrected chi connectivity index (χ0v) is 12.2. The summed E-state index contributed by atoms with van der Waals surface area (Å²) in [5.74, 6) is 2.73. The van der Waals surface area contributed by atoms with Crippen LogP contribution in [0, 0.1) is 12.3 Å². The van der Waals surface area contributed by atoms with Crippen LogP contribution in [0.5, 0.6) is 0 Å². The summed E-state index contributed by atoms with van der Waals surface area (Å²) in [5, 5.41) is 3.52. The number of nitrogens with one attached hydrogen (secondary N) is 1. The molecule has 1 N–H and O–H groups in total. The van der Waals surface area contributed by atoms with E-state index in [0.29, 0.717) is 6.04 Å². The zero-order chi connectivity index (χ0) is 12.9. The van der Waals surface area contributed by atoms with Crippen molar-refractivity contribution in [1.82, 2.24) is 5.32 Å². The molecule has 1 atom stereocenters. The third-order valence-corrected chi connectivity index (χ3v) is 4.33. The Bertz CT molecular complexity index is 378. The fourth-order valence-electron chi connectivity index (χ4n) is 1.62. The second-order valence-electron chi connectivity index (χ2n) is 5.41. The average Bonchev–Trinajstić information content (AvgIpc) is 2.72. The lowest BCUT2D eigenvalue weighted by Gasteiger charge is -2.16. The Morgan fingerprint density at radius 1 is 1.41 bits per heavy atom. The zero-order valence-electron chi connectivity index (χ0n) is 11.3. The molecule has 0 radical (unpaired) electrons. The molecule has 0 bridgehead atoms. The van der Waals surface area contributed by atoms with Gasteiger partial charge in [0.1, 0.15) is 0 Å². The lowest BCUT2D eigenvalue weighted by molar-refractivity contribution is 0.509. The number of terminal acetylenes is 1. The lowest BCUT2D eigenvalue weighted by atomic mass is 9.95. The maximum atomic E-state index is 5.35. The fourth-order valence-corrected chi connectivity index (χ4v) is 2.64. The summed E-state index contributed by atoms with van der Waals surface area (Å²) in [7, 11) is 0. The van der Waals surface area contributed by atoms with Crippen molar-refractivity contribution in [3.8, 4) is 12.3 Å². The van der Waals surface area contributed by atoms with Gasteiger partial charge in [-0.25, -0.2) is 0 Å². The van der Waals surface area contributed by atoms with Gasteiger partial charge in [0, 0.05) is 28.8 Å². The number of hydrogen-bond acceptors (Lipinski definition) is 2. The summed E-state index contributed by atoms with van der Waals surface area (Å²) in [4.78, 5) is 2.84. The molecule has 1 nitrogen and oxygen atoms in total. The van der Waals surface area contributed by atoms with Crippen molar-refractivity contribution < 1.29 is 0 Å². The third-order valence-electron chi connectivity index (χ3n) is 2.82.